The fourth-order valence-electron chi connectivity index (χ4n) is 4.41. The van der Waals surface area contributed by atoms with Gasteiger partial charge in [0.15, 0.2) is 0 Å². The standard InChI is InChI=1S/C19H27N3O/c23-18(15-14-19(15)8-10-20-11-9-19)21-16-6-2-3-7-17(16)22-12-4-1-5-13-22/h2-3,6-7,15,20H,1,4-5,8-14H2,(H,21,23). The van der Waals surface area contributed by atoms with Gasteiger partial charge in [0, 0.05) is 19.0 Å². The molecule has 23 heavy (non-hydrogen) atoms. The van der Waals surface area contributed by atoms with Crippen molar-refractivity contribution in [1.82, 2.24) is 5.32 Å². The number of hydrogen-bond acceptors (Lipinski definition) is 3. The van der Waals surface area contributed by atoms with Gasteiger partial charge in [0.05, 0.1) is 11.4 Å². The molecular weight excluding hydrogens is 286 g/mol. The van der Waals surface area contributed by atoms with E-state index in [2.05, 4.69) is 33.7 Å². The molecule has 4 nitrogen and oxygen atoms in total. The van der Waals surface area contributed by atoms with E-state index in [1.165, 1.54) is 24.9 Å². The van der Waals surface area contributed by atoms with Crippen LogP contribution in [0.15, 0.2) is 24.3 Å². The average Bonchev–Trinajstić information content (AvgIpc) is 3.30. The molecule has 2 aliphatic heterocycles. The topological polar surface area (TPSA) is 44.4 Å². The van der Waals surface area contributed by atoms with Crippen LogP contribution in [0.4, 0.5) is 11.4 Å². The Balaban J connectivity index is 1.45. The van der Waals surface area contributed by atoms with Crippen molar-refractivity contribution in [2.45, 2.75) is 38.5 Å². The van der Waals surface area contributed by atoms with Gasteiger partial charge in [-0.15, -0.1) is 0 Å². The van der Waals surface area contributed by atoms with Crippen LogP contribution in [-0.4, -0.2) is 32.1 Å². The maximum absolute atomic E-state index is 12.7. The van der Waals surface area contributed by atoms with Crippen molar-refractivity contribution in [3.8, 4) is 0 Å². The summed E-state index contributed by atoms with van der Waals surface area (Å²) in [4.78, 5) is 15.2. The molecule has 1 unspecified atom stereocenters. The van der Waals surface area contributed by atoms with Crippen molar-refractivity contribution in [2.24, 2.45) is 11.3 Å². The van der Waals surface area contributed by atoms with E-state index in [0.29, 0.717) is 5.41 Å². The lowest BCUT2D eigenvalue weighted by Gasteiger charge is -2.30. The largest absolute Gasteiger partial charge is 0.370 e. The molecule has 2 heterocycles. The fraction of sp³-hybridized carbons (Fsp3) is 0.632. The predicted molar refractivity (Wildman–Crippen MR) is 93.8 cm³/mol. The summed E-state index contributed by atoms with van der Waals surface area (Å²) in [6.07, 6.45) is 7.20. The lowest BCUT2D eigenvalue weighted by Crippen LogP contribution is -2.32. The number of hydrogen-bond donors (Lipinski definition) is 2. The molecule has 1 aliphatic carbocycles. The highest BCUT2D eigenvalue weighted by Crippen LogP contribution is 2.58. The summed E-state index contributed by atoms with van der Waals surface area (Å²) in [6.45, 7) is 4.33. The molecule has 2 saturated heterocycles. The number of para-hydroxylation sites is 2. The van der Waals surface area contributed by atoms with E-state index in [-0.39, 0.29) is 11.8 Å². The summed E-state index contributed by atoms with van der Waals surface area (Å²) in [7, 11) is 0. The zero-order valence-electron chi connectivity index (χ0n) is 13.8. The van der Waals surface area contributed by atoms with Gasteiger partial charge in [-0.25, -0.2) is 0 Å². The van der Waals surface area contributed by atoms with Crippen molar-refractivity contribution >= 4 is 17.3 Å². The number of carbonyl (C=O) groups excluding carboxylic acids is 1. The molecule has 3 aliphatic rings. The highest BCUT2D eigenvalue weighted by molar-refractivity contribution is 5.98. The van der Waals surface area contributed by atoms with Gasteiger partial charge < -0.3 is 15.5 Å². The molecule has 2 N–H and O–H groups in total. The molecule has 1 amide bonds. The second kappa shape index (κ2) is 6.16. The summed E-state index contributed by atoms with van der Waals surface area (Å²) in [5, 5.41) is 6.64. The van der Waals surface area contributed by atoms with Gasteiger partial charge in [0.25, 0.3) is 0 Å². The summed E-state index contributed by atoms with van der Waals surface area (Å²) < 4.78 is 0. The van der Waals surface area contributed by atoms with Crippen LogP contribution < -0.4 is 15.5 Å². The maximum Gasteiger partial charge on any atom is 0.228 e. The van der Waals surface area contributed by atoms with Crippen molar-refractivity contribution in [1.29, 1.82) is 0 Å². The number of amides is 1. The molecule has 1 saturated carbocycles. The molecule has 1 spiro atoms. The third-order valence-electron chi connectivity index (χ3n) is 5.96. The minimum absolute atomic E-state index is 0.221. The summed E-state index contributed by atoms with van der Waals surface area (Å²) in [5.74, 6) is 0.454. The zero-order valence-corrected chi connectivity index (χ0v) is 13.8. The van der Waals surface area contributed by atoms with Gasteiger partial charge >= 0.3 is 0 Å². The Hall–Kier alpha value is -1.55. The Morgan fingerprint density at radius 1 is 1.13 bits per heavy atom. The number of anilines is 2. The van der Waals surface area contributed by atoms with Crippen LogP contribution in [-0.2, 0) is 4.79 Å². The van der Waals surface area contributed by atoms with E-state index < -0.39 is 0 Å². The van der Waals surface area contributed by atoms with Crippen LogP contribution in [0.25, 0.3) is 0 Å². The number of benzene rings is 1. The lowest BCUT2D eigenvalue weighted by molar-refractivity contribution is -0.118. The van der Waals surface area contributed by atoms with E-state index >= 15 is 0 Å². The van der Waals surface area contributed by atoms with Gasteiger partial charge in [-0.1, -0.05) is 12.1 Å². The number of rotatable bonds is 3. The minimum atomic E-state index is 0.221. The molecule has 1 atom stereocenters. The van der Waals surface area contributed by atoms with Gasteiger partial charge in [-0.2, -0.15) is 0 Å². The SMILES string of the molecule is O=C(Nc1ccccc1N1CCCCC1)C1CC12CCNCC2. The minimum Gasteiger partial charge on any atom is -0.370 e. The molecule has 0 bridgehead atoms. The molecule has 3 fully saturated rings. The number of carbonyl (C=O) groups is 1. The maximum atomic E-state index is 12.7. The molecule has 1 aromatic rings. The molecule has 0 radical (unpaired) electrons. The summed E-state index contributed by atoms with van der Waals surface area (Å²) in [6, 6.07) is 8.30. The Labute approximate surface area is 138 Å². The monoisotopic (exact) mass is 313 g/mol. The first-order valence-corrected chi connectivity index (χ1v) is 9.14. The molecule has 124 valence electrons. The zero-order chi connectivity index (χ0) is 15.7. The first-order chi connectivity index (χ1) is 11.3. The van der Waals surface area contributed by atoms with Crippen molar-refractivity contribution in [2.75, 3.05) is 36.4 Å². The Kier molecular flexibility index (Phi) is 4.02. The van der Waals surface area contributed by atoms with Crippen LogP contribution in [0.1, 0.15) is 38.5 Å². The highest BCUT2D eigenvalue weighted by atomic mass is 16.2. The van der Waals surface area contributed by atoms with Crippen LogP contribution in [0, 0.1) is 11.3 Å². The van der Waals surface area contributed by atoms with Crippen LogP contribution in [0.5, 0.6) is 0 Å². The van der Waals surface area contributed by atoms with Crippen molar-refractivity contribution < 1.29 is 4.79 Å². The Bertz CT molecular complexity index is 574. The number of nitrogens with zero attached hydrogens (tertiary/aromatic N) is 1. The van der Waals surface area contributed by atoms with Crippen molar-refractivity contribution in [3.05, 3.63) is 24.3 Å². The van der Waals surface area contributed by atoms with Gasteiger partial charge in [0.2, 0.25) is 5.91 Å². The average molecular weight is 313 g/mol. The van der Waals surface area contributed by atoms with Crippen LogP contribution >= 0.6 is 0 Å². The third-order valence-corrected chi connectivity index (χ3v) is 5.96. The van der Waals surface area contributed by atoms with Crippen molar-refractivity contribution in [3.63, 3.8) is 0 Å². The summed E-state index contributed by atoms with van der Waals surface area (Å²) >= 11 is 0. The highest BCUT2D eigenvalue weighted by Gasteiger charge is 2.57. The molecule has 4 rings (SSSR count). The molecule has 4 heteroatoms. The number of piperidine rings is 2. The van der Waals surface area contributed by atoms with E-state index in [0.717, 1.165) is 51.1 Å². The molecular formula is C19H27N3O. The summed E-state index contributed by atoms with van der Waals surface area (Å²) in [5.41, 5.74) is 2.49. The third kappa shape index (κ3) is 2.97. The fourth-order valence-corrected chi connectivity index (χ4v) is 4.41. The van der Waals surface area contributed by atoms with Crippen LogP contribution in [0.2, 0.25) is 0 Å². The van der Waals surface area contributed by atoms with E-state index in [1.54, 1.807) is 0 Å². The quantitative estimate of drug-likeness (QED) is 0.901. The van der Waals surface area contributed by atoms with Gasteiger partial charge in [-0.05, 0) is 69.2 Å². The second-order valence-corrected chi connectivity index (χ2v) is 7.42. The van der Waals surface area contributed by atoms with E-state index in [4.69, 9.17) is 0 Å². The second-order valence-electron chi connectivity index (χ2n) is 7.42. The molecule has 1 aromatic carbocycles. The van der Waals surface area contributed by atoms with Crippen LogP contribution in [0.3, 0.4) is 0 Å². The molecule has 0 aromatic heterocycles. The normalized spacial score (nSPS) is 26.1. The van der Waals surface area contributed by atoms with E-state index in [9.17, 15) is 4.79 Å². The first kappa shape index (κ1) is 15.0. The smallest absolute Gasteiger partial charge is 0.228 e. The van der Waals surface area contributed by atoms with Gasteiger partial charge in [-0.3, -0.25) is 4.79 Å². The Morgan fingerprint density at radius 2 is 1.87 bits per heavy atom. The Morgan fingerprint density at radius 3 is 2.65 bits per heavy atom. The predicted octanol–water partition coefficient (Wildman–Crippen LogP) is 3.01. The van der Waals surface area contributed by atoms with E-state index in [1.807, 2.05) is 6.07 Å². The van der Waals surface area contributed by atoms with Gasteiger partial charge in [0.1, 0.15) is 0 Å². The lowest BCUT2D eigenvalue weighted by atomic mass is 9.92. The first-order valence-electron chi connectivity index (χ1n) is 9.14. The number of nitrogens with one attached hydrogen (secondary N) is 2.